The minimum atomic E-state index is -4.47. The third-order valence-electron chi connectivity index (χ3n) is 6.05. The molecule has 0 unspecified atom stereocenters. The molecule has 9 nitrogen and oxygen atoms in total. The summed E-state index contributed by atoms with van der Waals surface area (Å²) >= 11 is 0. The second-order valence-corrected chi connectivity index (χ2v) is 8.54. The van der Waals surface area contributed by atoms with Crippen molar-refractivity contribution in [3.05, 3.63) is 65.2 Å². The van der Waals surface area contributed by atoms with Gasteiger partial charge in [0.25, 0.3) is 0 Å². The second kappa shape index (κ2) is 9.99. The lowest BCUT2D eigenvalue weighted by atomic mass is 10.0. The van der Waals surface area contributed by atoms with Crippen molar-refractivity contribution in [3.8, 4) is 11.1 Å². The lowest BCUT2D eigenvalue weighted by molar-refractivity contribution is -0.165. The molecule has 1 aromatic carbocycles. The second-order valence-electron chi connectivity index (χ2n) is 8.54. The van der Waals surface area contributed by atoms with Crippen LogP contribution < -0.4 is 16.4 Å². The molecule has 0 spiro atoms. The van der Waals surface area contributed by atoms with E-state index in [2.05, 4.69) is 25.8 Å². The summed E-state index contributed by atoms with van der Waals surface area (Å²) in [6.07, 6.45) is -0.496. The third-order valence-corrected chi connectivity index (χ3v) is 6.05. The van der Waals surface area contributed by atoms with E-state index in [1.165, 1.54) is 24.5 Å². The summed E-state index contributed by atoms with van der Waals surface area (Å²) in [6.45, 7) is 1.85. The highest BCUT2D eigenvalue weighted by atomic mass is 19.4. The maximum absolute atomic E-state index is 14.7. The molecule has 194 valence electrons. The van der Waals surface area contributed by atoms with Gasteiger partial charge in [-0.15, -0.1) is 0 Å². The molecule has 0 atom stereocenters. The number of nitrogens with two attached hydrogens (primary N) is 1. The fraction of sp³-hybridized carbons (Fsp3) is 0.292. The van der Waals surface area contributed by atoms with Gasteiger partial charge in [0.2, 0.25) is 11.9 Å². The van der Waals surface area contributed by atoms with E-state index < -0.39 is 23.3 Å². The summed E-state index contributed by atoms with van der Waals surface area (Å²) in [5.74, 6) is -1.63. The van der Waals surface area contributed by atoms with Crippen LogP contribution in [0.15, 0.2) is 52.6 Å². The number of nitrogens with zero attached hydrogens (tertiary/aromatic N) is 3. The van der Waals surface area contributed by atoms with Crippen molar-refractivity contribution in [2.75, 3.05) is 10.6 Å². The van der Waals surface area contributed by atoms with Gasteiger partial charge in [-0.2, -0.15) is 13.2 Å². The average molecular weight is 517 g/mol. The topological polar surface area (TPSA) is 143 Å². The van der Waals surface area contributed by atoms with Crippen molar-refractivity contribution < 1.29 is 26.9 Å². The lowest BCUT2D eigenvalue weighted by Crippen LogP contribution is -2.28. The van der Waals surface area contributed by atoms with Crippen molar-refractivity contribution in [2.45, 2.75) is 44.2 Å². The predicted octanol–water partition coefficient (Wildman–Crippen LogP) is 4.69. The smallest absolute Gasteiger partial charge is 0.400 e. The first kappa shape index (κ1) is 25.8. The molecule has 0 radical (unpaired) electrons. The largest absolute Gasteiger partial charge is 0.401 e. The molecule has 13 heteroatoms. The molecule has 0 aliphatic heterocycles. The maximum atomic E-state index is 14.7. The summed E-state index contributed by atoms with van der Waals surface area (Å²) in [4.78, 5) is 20.7. The van der Waals surface area contributed by atoms with E-state index in [0.29, 0.717) is 28.9 Å². The van der Waals surface area contributed by atoms with Gasteiger partial charge >= 0.3 is 6.18 Å². The van der Waals surface area contributed by atoms with Gasteiger partial charge in [-0.05, 0) is 36.5 Å². The zero-order valence-electron chi connectivity index (χ0n) is 19.6. The number of hydrogen-bond acceptors (Lipinski definition) is 8. The van der Waals surface area contributed by atoms with Gasteiger partial charge < -0.3 is 26.3 Å². The van der Waals surface area contributed by atoms with E-state index >= 15 is 0 Å². The van der Waals surface area contributed by atoms with Crippen LogP contribution in [0, 0.1) is 11.2 Å². The number of carbonyl (C=O) groups excluding carboxylic acids is 1. The number of alkyl halides is 3. The monoisotopic (exact) mass is 517 g/mol. The highest BCUT2D eigenvalue weighted by molar-refractivity contribution is 5.91. The van der Waals surface area contributed by atoms with Gasteiger partial charge in [0.15, 0.2) is 11.6 Å². The lowest BCUT2D eigenvalue weighted by Gasteiger charge is -2.14. The molecule has 37 heavy (non-hydrogen) atoms. The van der Waals surface area contributed by atoms with Crippen LogP contribution in [0.2, 0.25) is 0 Å². The number of rotatable bonds is 9. The van der Waals surface area contributed by atoms with Crippen molar-refractivity contribution in [1.29, 1.82) is 5.41 Å². The number of hydrogen-bond donors (Lipinski definition) is 4. The molecular formula is C24H23F4N7O2. The summed E-state index contributed by atoms with van der Waals surface area (Å²) in [5, 5.41) is 16.1. The molecule has 4 rings (SSSR count). The molecule has 0 bridgehead atoms. The zero-order chi connectivity index (χ0) is 26.8. The summed E-state index contributed by atoms with van der Waals surface area (Å²) in [7, 11) is 0. The minimum Gasteiger partial charge on any atom is -0.400 e. The highest BCUT2D eigenvalue weighted by Gasteiger charge is 2.66. The molecule has 1 aliphatic carbocycles. The molecule has 1 fully saturated rings. The fourth-order valence-electron chi connectivity index (χ4n) is 3.65. The van der Waals surface area contributed by atoms with Crippen LogP contribution in [0.1, 0.15) is 37.5 Å². The Hall–Kier alpha value is -4.29. The van der Waals surface area contributed by atoms with Gasteiger partial charge in [-0.3, -0.25) is 4.79 Å². The van der Waals surface area contributed by atoms with Crippen LogP contribution in [0.25, 0.3) is 11.1 Å². The zero-order valence-corrected chi connectivity index (χ0v) is 19.6. The number of halogens is 4. The number of allylic oxidation sites excluding steroid dienone is 2. The van der Waals surface area contributed by atoms with Crippen molar-refractivity contribution in [1.82, 2.24) is 15.1 Å². The SMILES string of the molecule is CCC(N)=C(C=N)Nc1ncc(-c2ccc(CC(=O)Nc3cc(C4(C(F)(F)F)CC4)on3)c(F)c2)cn1. The molecule has 1 aliphatic rings. The first-order chi connectivity index (χ1) is 17.6. The van der Waals surface area contributed by atoms with E-state index in [-0.39, 0.29) is 42.4 Å². The summed E-state index contributed by atoms with van der Waals surface area (Å²) < 4.78 is 59.2. The number of benzene rings is 1. The highest BCUT2D eigenvalue weighted by Crippen LogP contribution is 2.59. The van der Waals surface area contributed by atoms with Gasteiger partial charge in [0, 0.05) is 35.9 Å². The number of amides is 1. The predicted molar refractivity (Wildman–Crippen MR) is 127 cm³/mol. The Morgan fingerprint density at radius 1 is 1.19 bits per heavy atom. The Bertz CT molecular complexity index is 1350. The molecule has 1 saturated carbocycles. The van der Waals surface area contributed by atoms with Crippen molar-refractivity contribution >= 4 is 23.9 Å². The fourth-order valence-corrected chi connectivity index (χ4v) is 3.65. The minimum absolute atomic E-state index is 0.0777. The molecular weight excluding hydrogens is 494 g/mol. The number of aromatic nitrogens is 3. The molecule has 1 amide bonds. The van der Waals surface area contributed by atoms with Gasteiger partial charge in [0.05, 0.1) is 12.1 Å². The number of carbonyl (C=O) groups is 1. The average Bonchev–Trinajstić information content (AvgIpc) is 3.57. The van der Waals surface area contributed by atoms with E-state index in [1.807, 2.05) is 6.92 Å². The Labute approximate surface area is 208 Å². The van der Waals surface area contributed by atoms with Crippen LogP contribution in [0.3, 0.4) is 0 Å². The van der Waals surface area contributed by atoms with Crippen molar-refractivity contribution in [3.63, 3.8) is 0 Å². The van der Waals surface area contributed by atoms with Gasteiger partial charge in [-0.1, -0.05) is 24.2 Å². The normalized spacial score (nSPS) is 15.1. The maximum Gasteiger partial charge on any atom is 0.401 e. The molecule has 3 aromatic rings. The quantitative estimate of drug-likeness (QED) is 0.238. The first-order valence-electron chi connectivity index (χ1n) is 11.3. The Morgan fingerprint density at radius 3 is 2.46 bits per heavy atom. The third kappa shape index (κ3) is 5.44. The molecule has 2 aromatic heterocycles. The van der Waals surface area contributed by atoms with E-state index in [1.54, 1.807) is 6.07 Å². The van der Waals surface area contributed by atoms with Crippen LogP contribution >= 0.6 is 0 Å². The van der Waals surface area contributed by atoms with Crippen LogP contribution in [0.4, 0.5) is 29.3 Å². The number of anilines is 2. The molecule has 2 heterocycles. The summed E-state index contributed by atoms with van der Waals surface area (Å²) in [5.41, 5.74) is 5.68. The Balaban J connectivity index is 1.40. The Kier molecular flexibility index (Phi) is 6.96. The standard InChI is InChI=1S/C24H23F4N7O2/c1-2-17(30)18(10-29)33-22-31-11-15(12-32-22)13-3-4-14(16(25)7-13)8-21(36)34-20-9-19(37-35-20)23(5-6-23)24(26,27)28/h3-4,7,9-12,29H,2,5-6,8,30H2,1H3,(H,31,32,33)(H,34,35,36). The van der Waals surface area contributed by atoms with Crippen LogP contribution in [-0.4, -0.2) is 33.4 Å². The van der Waals surface area contributed by atoms with Crippen LogP contribution in [-0.2, 0) is 16.6 Å². The van der Waals surface area contributed by atoms with Crippen LogP contribution in [0.5, 0.6) is 0 Å². The number of nitrogens with one attached hydrogen (secondary N) is 3. The van der Waals surface area contributed by atoms with E-state index in [0.717, 1.165) is 12.3 Å². The van der Waals surface area contributed by atoms with E-state index in [4.69, 9.17) is 15.7 Å². The van der Waals surface area contributed by atoms with Gasteiger partial charge in [-0.25, -0.2) is 14.4 Å². The van der Waals surface area contributed by atoms with Crippen molar-refractivity contribution in [2.24, 2.45) is 5.73 Å². The molecule has 0 saturated heterocycles. The van der Waals surface area contributed by atoms with E-state index in [9.17, 15) is 22.4 Å². The molecule has 5 N–H and O–H groups in total. The first-order valence-corrected chi connectivity index (χ1v) is 11.3. The summed E-state index contributed by atoms with van der Waals surface area (Å²) in [6, 6.07) is 5.28. The van der Waals surface area contributed by atoms with Gasteiger partial charge in [0.1, 0.15) is 11.2 Å². The Morgan fingerprint density at radius 2 is 1.89 bits per heavy atom.